The largest absolute Gasteiger partial charge is 0.619 e. The fourth-order valence-electron chi connectivity index (χ4n) is 1.77. The van der Waals surface area contributed by atoms with E-state index < -0.39 is 5.97 Å². The lowest BCUT2D eigenvalue weighted by molar-refractivity contribution is -0.340. The van der Waals surface area contributed by atoms with Gasteiger partial charge in [-0.3, -0.25) is 4.68 Å². The highest BCUT2D eigenvalue weighted by Crippen LogP contribution is 2.25. The van der Waals surface area contributed by atoms with Gasteiger partial charge in [-0.1, -0.05) is 6.08 Å². The number of hydrogen-bond donors (Lipinski definition) is 0. The lowest BCUT2D eigenvalue weighted by Gasteiger charge is -2.10. The number of rotatable bonds is 5. The first kappa shape index (κ1) is 16.2. The minimum atomic E-state index is -0.784. The third-order valence-corrected chi connectivity index (χ3v) is 2.78. The zero-order chi connectivity index (χ0) is 16.0. The molecule has 0 unspecified atom stereocenters. The minimum absolute atomic E-state index is 0.0330. The van der Waals surface area contributed by atoms with Crippen molar-refractivity contribution in [3.63, 3.8) is 0 Å². The molecule has 110 valence electrons. The van der Waals surface area contributed by atoms with E-state index in [4.69, 9.17) is 5.26 Å². The number of nitriles is 1. The summed E-state index contributed by atoms with van der Waals surface area (Å²) in [5.41, 5.74) is 0.224. The van der Waals surface area contributed by atoms with Gasteiger partial charge in [-0.05, 0) is 13.8 Å². The van der Waals surface area contributed by atoms with Gasteiger partial charge in [-0.25, -0.2) is 4.79 Å². The summed E-state index contributed by atoms with van der Waals surface area (Å²) in [6, 6.07) is 1.87. The van der Waals surface area contributed by atoms with Crippen molar-refractivity contribution >= 4 is 18.4 Å². The second-order valence-corrected chi connectivity index (χ2v) is 3.99. The van der Waals surface area contributed by atoms with E-state index in [0.29, 0.717) is 12.1 Å². The van der Waals surface area contributed by atoms with Crippen molar-refractivity contribution < 1.29 is 14.3 Å². The first-order valence-electron chi connectivity index (χ1n) is 6.20. The number of aryl methyl sites for hydroxylation is 1. The van der Waals surface area contributed by atoms with Gasteiger partial charge in [0.1, 0.15) is 6.72 Å². The number of esters is 1. The lowest BCUT2D eigenvalue weighted by atomic mass is 10.0. The molecule has 0 aromatic carbocycles. The van der Waals surface area contributed by atoms with Crippen LogP contribution in [-0.4, -0.2) is 34.3 Å². The fraction of sp³-hybridized carbons (Fsp3) is 0.286. The van der Waals surface area contributed by atoms with Crippen molar-refractivity contribution in [1.29, 1.82) is 5.26 Å². The maximum absolute atomic E-state index is 12.0. The number of ether oxygens (including phenoxy) is 1. The second kappa shape index (κ2) is 7.05. The van der Waals surface area contributed by atoms with Crippen LogP contribution in [0.5, 0.6) is 0 Å². The SMILES string of the molecule is C=[N+]([O-])/C(=C(C(=O)OC)\C(C#N)=C/C)c1cnn(CC)c1. The molecule has 7 nitrogen and oxygen atoms in total. The molecular weight excluding hydrogens is 272 g/mol. The summed E-state index contributed by atoms with van der Waals surface area (Å²) in [4.78, 5) is 12.0. The topological polar surface area (TPSA) is 94.0 Å². The van der Waals surface area contributed by atoms with E-state index in [2.05, 4.69) is 16.6 Å². The van der Waals surface area contributed by atoms with Gasteiger partial charge in [0.25, 0.3) is 0 Å². The highest BCUT2D eigenvalue weighted by Gasteiger charge is 2.28. The summed E-state index contributed by atoms with van der Waals surface area (Å²) in [5.74, 6) is -0.784. The molecule has 0 saturated heterocycles. The Morgan fingerprint density at radius 2 is 2.38 bits per heavy atom. The quantitative estimate of drug-likeness (QED) is 0.119. The molecule has 1 aromatic rings. The number of nitrogens with zero attached hydrogens (tertiary/aromatic N) is 4. The van der Waals surface area contributed by atoms with Crippen LogP contribution >= 0.6 is 0 Å². The van der Waals surface area contributed by atoms with Crippen molar-refractivity contribution in [3.8, 4) is 6.07 Å². The maximum atomic E-state index is 12.0. The number of hydroxylamine groups is 1. The van der Waals surface area contributed by atoms with E-state index in [-0.39, 0.29) is 21.6 Å². The van der Waals surface area contributed by atoms with Crippen molar-refractivity contribution in [3.05, 3.63) is 40.4 Å². The van der Waals surface area contributed by atoms with E-state index in [0.717, 1.165) is 0 Å². The van der Waals surface area contributed by atoms with Crippen LogP contribution in [-0.2, 0) is 16.1 Å². The Kier molecular flexibility index (Phi) is 5.43. The molecule has 0 saturated carbocycles. The Hall–Kier alpha value is -2.88. The van der Waals surface area contributed by atoms with Crippen molar-refractivity contribution in [2.24, 2.45) is 0 Å². The van der Waals surface area contributed by atoms with Crippen molar-refractivity contribution in [1.82, 2.24) is 9.78 Å². The molecular formula is C14H16N4O3. The van der Waals surface area contributed by atoms with Gasteiger partial charge in [0.05, 0.1) is 30.5 Å². The van der Waals surface area contributed by atoms with Crippen molar-refractivity contribution in [2.75, 3.05) is 7.11 Å². The van der Waals surface area contributed by atoms with Crippen LogP contribution in [0.15, 0.2) is 29.6 Å². The number of hydrogen-bond acceptors (Lipinski definition) is 5. The molecule has 7 heteroatoms. The first-order chi connectivity index (χ1) is 9.99. The molecule has 0 bridgehead atoms. The monoisotopic (exact) mass is 288 g/mol. The van der Waals surface area contributed by atoms with Crippen LogP contribution in [0.2, 0.25) is 0 Å². The predicted octanol–water partition coefficient (Wildman–Crippen LogP) is 1.47. The molecule has 1 rings (SSSR count). The Morgan fingerprint density at radius 1 is 1.71 bits per heavy atom. The summed E-state index contributed by atoms with van der Waals surface area (Å²) < 4.78 is 6.55. The predicted molar refractivity (Wildman–Crippen MR) is 77.0 cm³/mol. The van der Waals surface area contributed by atoms with Gasteiger partial charge in [0.15, 0.2) is 5.57 Å². The van der Waals surface area contributed by atoms with Gasteiger partial charge in [0, 0.05) is 12.7 Å². The number of allylic oxidation sites excluding steroid dienone is 1. The molecule has 0 radical (unpaired) electrons. The molecule has 21 heavy (non-hydrogen) atoms. The summed E-state index contributed by atoms with van der Waals surface area (Å²) in [5, 5.41) is 25.0. The molecule has 0 amide bonds. The molecule has 0 aliphatic rings. The molecule has 1 aromatic heterocycles. The average molecular weight is 288 g/mol. The van der Waals surface area contributed by atoms with E-state index in [1.54, 1.807) is 17.8 Å². The molecule has 0 aliphatic carbocycles. The Bertz CT molecular complexity index is 662. The smallest absolute Gasteiger partial charge is 0.346 e. The Morgan fingerprint density at radius 3 is 2.76 bits per heavy atom. The summed E-state index contributed by atoms with van der Waals surface area (Å²) in [6.45, 7) is 7.35. The number of carbonyl (C=O) groups is 1. The fourth-order valence-corrected chi connectivity index (χ4v) is 1.77. The van der Waals surface area contributed by atoms with Crippen LogP contribution in [0.4, 0.5) is 0 Å². The number of aromatic nitrogens is 2. The van der Waals surface area contributed by atoms with Crippen molar-refractivity contribution in [2.45, 2.75) is 20.4 Å². The third-order valence-electron chi connectivity index (χ3n) is 2.78. The number of methoxy groups -OCH3 is 1. The highest BCUT2D eigenvalue weighted by molar-refractivity contribution is 6.01. The molecule has 0 N–H and O–H groups in total. The third kappa shape index (κ3) is 3.36. The van der Waals surface area contributed by atoms with E-state index >= 15 is 0 Å². The van der Waals surface area contributed by atoms with Crippen LogP contribution in [0, 0.1) is 16.5 Å². The summed E-state index contributed by atoms with van der Waals surface area (Å²) in [7, 11) is 1.18. The van der Waals surface area contributed by atoms with E-state index in [9.17, 15) is 10.0 Å². The van der Waals surface area contributed by atoms with Crippen LogP contribution < -0.4 is 0 Å². The van der Waals surface area contributed by atoms with Crippen LogP contribution in [0.1, 0.15) is 19.4 Å². The Balaban J connectivity index is 3.67. The molecule has 1 heterocycles. The number of carbonyl (C=O) groups excluding carboxylic acids is 1. The van der Waals surface area contributed by atoms with E-state index in [1.807, 2.05) is 13.0 Å². The Labute approximate surface area is 122 Å². The molecule has 0 atom stereocenters. The average Bonchev–Trinajstić information content (AvgIpc) is 2.94. The highest BCUT2D eigenvalue weighted by atomic mass is 16.5. The standard InChI is InChI=1S/C14H16N4O3/c1-5-10(7-15)12(14(19)21-4)13(17(3)20)11-8-16-18(6-2)9-11/h5,8-9H,3,6H2,1-2,4H3/b10-5-,13-12+. The van der Waals surface area contributed by atoms with Gasteiger partial charge >= 0.3 is 5.97 Å². The van der Waals surface area contributed by atoms with Crippen LogP contribution in [0.25, 0.3) is 5.70 Å². The van der Waals surface area contributed by atoms with Gasteiger partial charge < -0.3 is 9.94 Å². The normalized spacial score (nSPS) is 12.4. The second-order valence-electron chi connectivity index (χ2n) is 3.99. The van der Waals surface area contributed by atoms with E-state index in [1.165, 1.54) is 19.4 Å². The zero-order valence-electron chi connectivity index (χ0n) is 12.2. The summed E-state index contributed by atoms with van der Waals surface area (Å²) >= 11 is 0. The van der Waals surface area contributed by atoms with Gasteiger partial charge in [-0.2, -0.15) is 15.1 Å². The minimum Gasteiger partial charge on any atom is -0.619 e. The van der Waals surface area contributed by atoms with Gasteiger partial charge in [0.2, 0.25) is 5.70 Å². The summed E-state index contributed by atoms with van der Waals surface area (Å²) in [6.07, 6.45) is 4.46. The first-order valence-corrected chi connectivity index (χ1v) is 6.20. The van der Waals surface area contributed by atoms with Crippen LogP contribution in [0.3, 0.4) is 0 Å². The molecule has 0 aliphatic heterocycles. The van der Waals surface area contributed by atoms with Gasteiger partial charge in [-0.15, -0.1) is 0 Å². The molecule has 0 spiro atoms. The maximum Gasteiger partial charge on any atom is 0.346 e. The molecule has 0 fully saturated rings. The lowest BCUT2D eigenvalue weighted by Crippen LogP contribution is -2.14. The zero-order valence-corrected chi connectivity index (χ0v) is 12.2.